The number of nitrogens with one attached hydrogen (secondary N) is 1. The molecular weight excluding hydrogens is 278 g/mol. The van der Waals surface area contributed by atoms with Crippen molar-refractivity contribution in [2.24, 2.45) is 0 Å². The van der Waals surface area contributed by atoms with Crippen molar-refractivity contribution in [3.8, 4) is 0 Å². The Balaban J connectivity index is 2.36. The van der Waals surface area contributed by atoms with Gasteiger partial charge in [0.05, 0.1) is 10.7 Å². The van der Waals surface area contributed by atoms with Gasteiger partial charge >= 0.3 is 5.00 Å². The van der Waals surface area contributed by atoms with Crippen molar-refractivity contribution < 1.29 is 13.3 Å². The zero-order valence-electron chi connectivity index (χ0n) is 10.1. The third-order valence-electron chi connectivity index (χ3n) is 2.22. The zero-order valence-corrected chi connectivity index (χ0v) is 11.8. The average molecular weight is 293 g/mol. The summed E-state index contributed by atoms with van der Waals surface area (Å²) in [6.07, 6.45) is 0. The fourth-order valence-corrected chi connectivity index (χ4v) is 2.71. The highest BCUT2D eigenvalue weighted by Gasteiger charge is 2.13. The van der Waals surface area contributed by atoms with E-state index in [1.165, 1.54) is 24.5 Å². The molecule has 18 heavy (non-hydrogen) atoms. The zero-order chi connectivity index (χ0) is 13.8. The molecule has 1 N–H and O–H groups in total. The molecule has 0 aliphatic carbocycles. The summed E-state index contributed by atoms with van der Waals surface area (Å²) < 4.78 is 24.0. The van der Waals surface area contributed by atoms with E-state index >= 15 is 0 Å². The van der Waals surface area contributed by atoms with Gasteiger partial charge in [-0.2, -0.15) is 0 Å². The first-order valence-corrected chi connectivity index (χ1v) is 7.59. The van der Waals surface area contributed by atoms with Gasteiger partial charge < -0.3 is 5.32 Å². The topological polar surface area (TPSA) is 92.6 Å². The molecule has 1 rings (SSSR count). The van der Waals surface area contributed by atoms with Crippen molar-refractivity contribution >= 4 is 26.4 Å². The average Bonchev–Trinajstić information content (AvgIpc) is 2.73. The standard InChI is InChI=1S/C9H15N3O4S2/c1-11(2)18(15,16)6-5-10-7-8-3-4-9(17-8)12(13)14/h3-4,10H,5-7H2,1-2H3. The summed E-state index contributed by atoms with van der Waals surface area (Å²) >= 11 is 1.08. The summed E-state index contributed by atoms with van der Waals surface area (Å²) in [6, 6.07) is 3.11. The van der Waals surface area contributed by atoms with E-state index in [4.69, 9.17) is 0 Å². The monoisotopic (exact) mass is 293 g/mol. The van der Waals surface area contributed by atoms with Crippen LogP contribution in [0.5, 0.6) is 0 Å². The molecule has 1 aromatic heterocycles. The van der Waals surface area contributed by atoms with Crippen LogP contribution in [0.15, 0.2) is 12.1 Å². The van der Waals surface area contributed by atoms with Gasteiger partial charge in [0.1, 0.15) is 0 Å². The van der Waals surface area contributed by atoms with Crippen LogP contribution in [0.1, 0.15) is 4.88 Å². The lowest BCUT2D eigenvalue weighted by molar-refractivity contribution is -0.380. The molecule has 7 nitrogen and oxygen atoms in total. The first-order chi connectivity index (χ1) is 8.33. The minimum atomic E-state index is -3.19. The normalized spacial score (nSPS) is 11.9. The Bertz CT molecular complexity index is 510. The summed E-state index contributed by atoms with van der Waals surface area (Å²) in [5.41, 5.74) is 0. The molecule has 0 aromatic carbocycles. The smallest absolute Gasteiger partial charge is 0.311 e. The molecule has 9 heteroatoms. The van der Waals surface area contributed by atoms with Gasteiger partial charge in [0.15, 0.2) is 0 Å². The molecule has 0 unspecified atom stereocenters. The fraction of sp³-hybridized carbons (Fsp3) is 0.556. The summed E-state index contributed by atoms with van der Waals surface area (Å²) in [7, 11) is -0.227. The molecule has 0 spiro atoms. The van der Waals surface area contributed by atoms with Crippen molar-refractivity contribution in [1.82, 2.24) is 9.62 Å². The van der Waals surface area contributed by atoms with Crippen molar-refractivity contribution in [2.75, 3.05) is 26.4 Å². The maximum atomic E-state index is 11.4. The number of rotatable bonds is 7. The SMILES string of the molecule is CN(C)S(=O)(=O)CCNCc1ccc([N+](=O)[O-])s1. The molecule has 1 heterocycles. The maximum Gasteiger partial charge on any atom is 0.324 e. The molecule has 0 aliphatic rings. The molecule has 0 saturated heterocycles. The third kappa shape index (κ3) is 4.33. The number of hydrogen-bond donors (Lipinski definition) is 1. The first-order valence-electron chi connectivity index (χ1n) is 5.17. The van der Waals surface area contributed by atoms with Crippen LogP contribution in [0.25, 0.3) is 0 Å². The van der Waals surface area contributed by atoms with Crippen molar-refractivity contribution in [3.63, 3.8) is 0 Å². The predicted octanol–water partition coefficient (Wildman–Crippen LogP) is 0.637. The number of thiophene rings is 1. The van der Waals surface area contributed by atoms with Gasteiger partial charge in [0.2, 0.25) is 10.0 Å². The van der Waals surface area contributed by atoms with E-state index in [0.717, 1.165) is 16.2 Å². The summed E-state index contributed by atoms with van der Waals surface area (Å²) in [5.74, 6) is 0.00741. The molecule has 0 atom stereocenters. The minimum absolute atomic E-state index is 0.00741. The Labute approximate surface area is 110 Å². The molecule has 0 fully saturated rings. The van der Waals surface area contributed by atoms with Crippen LogP contribution >= 0.6 is 11.3 Å². The van der Waals surface area contributed by atoms with Crippen LogP contribution in [0, 0.1) is 10.1 Å². The van der Waals surface area contributed by atoms with Crippen LogP contribution in [-0.2, 0) is 16.6 Å². The Morgan fingerprint density at radius 3 is 2.61 bits per heavy atom. The van der Waals surface area contributed by atoms with Gasteiger partial charge in [0, 0.05) is 38.1 Å². The lowest BCUT2D eigenvalue weighted by Crippen LogP contribution is -2.30. The number of sulfonamides is 1. The highest BCUT2D eigenvalue weighted by molar-refractivity contribution is 7.89. The third-order valence-corrected chi connectivity index (χ3v) is 5.09. The van der Waals surface area contributed by atoms with E-state index in [1.807, 2.05) is 0 Å². The van der Waals surface area contributed by atoms with Gasteiger partial charge in [-0.1, -0.05) is 11.3 Å². The van der Waals surface area contributed by atoms with E-state index in [0.29, 0.717) is 13.1 Å². The predicted molar refractivity (Wildman–Crippen MR) is 70.2 cm³/mol. The maximum absolute atomic E-state index is 11.4. The molecular formula is C9H15N3O4S2. The first kappa shape index (κ1) is 15.0. The van der Waals surface area contributed by atoms with Crippen molar-refractivity contribution in [1.29, 1.82) is 0 Å². The van der Waals surface area contributed by atoms with Crippen LogP contribution in [0.4, 0.5) is 5.00 Å². The molecule has 0 aliphatic heterocycles. The molecule has 0 bridgehead atoms. The summed E-state index contributed by atoms with van der Waals surface area (Å²) in [5, 5.41) is 13.5. The van der Waals surface area contributed by atoms with Gasteiger partial charge in [0.25, 0.3) is 0 Å². The van der Waals surface area contributed by atoms with Gasteiger partial charge in [-0.05, 0) is 6.07 Å². The number of hydrogen-bond acceptors (Lipinski definition) is 6. The van der Waals surface area contributed by atoms with Gasteiger partial charge in [-0.15, -0.1) is 0 Å². The van der Waals surface area contributed by atoms with Crippen molar-refractivity contribution in [3.05, 3.63) is 27.1 Å². The quantitative estimate of drug-likeness (QED) is 0.452. The molecule has 0 amide bonds. The molecule has 0 saturated carbocycles. The van der Waals surface area contributed by atoms with Crippen LogP contribution < -0.4 is 5.32 Å². The Kier molecular flexibility index (Phi) is 5.20. The fourth-order valence-electron chi connectivity index (χ4n) is 1.16. The van der Waals surface area contributed by atoms with Crippen molar-refractivity contribution in [2.45, 2.75) is 6.54 Å². The molecule has 0 radical (unpaired) electrons. The lowest BCUT2D eigenvalue weighted by atomic mass is 10.4. The highest BCUT2D eigenvalue weighted by Crippen LogP contribution is 2.23. The minimum Gasteiger partial charge on any atom is -0.311 e. The highest BCUT2D eigenvalue weighted by atomic mass is 32.2. The van der Waals surface area contributed by atoms with E-state index in [1.54, 1.807) is 6.07 Å². The van der Waals surface area contributed by atoms with E-state index in [2.05, 4.69) is 5.32 Å². The molecule has 1 aromatic rings. The van der Waals surface area contributed by atoms with Crippen LogP contribution in [-0.4, -0.2) is 44.0 Å². The van der Waals surface area contributed by atoms with Crippen LogP contribution in [0.2, 0.25) is 0 Å². The second kappa shape index (κ2) is 6.23. The lowest BCUT2D eigenvalue weighted by Gasteiger charge is -2.11. The Morgan fingerprint density at radius 1 is 1.44 bits per heavy atom. The van der Waals surface area contributed by atoms with E-state index in [-0.39, 0.29) is 10.8 Å². The summed E-state index contributed by atoms with van der Waals surface area (Å²) in [4.78, 5) is 10.8. The van der Waals surface area contributed by atoms with Gasteiger partial charge in [-0.25, -0.2) is 12.7 Å². The largest absolute Gasteiger partial charge is 0.324 e. The van der Waals surface area contributed by atoms with E-state index < -0.39 is 14.9 Å². The Morgan fingerprint density at radius 2 is 2.11 bits per heavy atom. The number of nitrogens with zero attached hydrogens (tertiary/aromatic N) is 2. The Hall–Kier alpha value is -1.03. The second-order valence-corrected chi connectivity index (χ2v) is 7.22. The van der Waals surface area contributed by atoms with Crippen LogP contribution in [0.3, 0.4) is 0 Å². The van der Waals surface area contributed by atoms with E-state index in [9.17, 15) is 18.5 Å². The molecule has 102 valence electrons. The van der Waals surface area contributed by atoms with Gasteiger partial charge in [-0.3, -0.25) is 10.1 Å². The number of nitro groups is 1. The summed E-state index contributed by atoms with van der Waals surface area (Å²) in [6.45, 7) is 0.744. The second-order valence-electron chi connectivity index (χ2n) is 3.77.